The topological polar surface area (TPSA) is 65.0 Å². The molecule has 0 amide bonds. The standard InChI is InChI=1S/C21H20O5/c1-21(2)19(23)17-16-14(25-20(17)26-21)9-8-12-13(22)10-15(24-18(12)16)11-6-4-3-5-7-11/h3-9,15,17,19-20,23H,10H2,1-2H3/t15-,17+,19+,20-/m0/s1. The van der Waals surface area contributed by atoms with Crippen LogP contribution in [0.2, 0.25) is 0 Å². The van der Waals surface area contributed by atoms with Crippen molar-refractivity contribution in [3.05, 3.63) is 59.2 Å². The molecule has 0 bridgehead atoms. The van der Waals surface area contributed by atoms with Crippen molar-refractivity contribution in [3.8, 4) is 11.5 Å². The van der Waals surface area contributed by atoms with E-state index in [1.807, 2.05) is 44.2 Å². The lowest BCUT2D eigenvalue weighted by molar-refractivity contribution is -0.118. The molecule has 0 radical (unpaired) electrons. The van der Waals surface area contributed by atoms with E-state index in [0.717, 1.165) is 11.1 Å². The van der Waals surface area contributed by atoms with Crippen molar-refractivity contribution in [2.24, 2.45) is 0 Å². The second-order valence-corrected chi connectivity index (χ2v) is 7.68. The fourth-order valence-corrected chi connectivity index (χ4v) is 4.20. The molecule has 3 aliphatic rings. The number of benzene rings is 2. The number of carbonyl (C=O) groups excluding carboxylic acids is 1. The normalized spacial score (nSPS) is 30.8. The summed E-state index contributed by atoms with van der Waals surface area (Å²) in [6.07, 6.45) is -1.34. The first-order valence-electron chi connectivity index (χ1n) is 8.90. The predicted molar refractivity (Wildman–Crippen MR) is 93.5 cm³/mol. The van der Waals surface area contributed by atoms with E-state index < -0.39 is 18.0 Å². The average molecular weight is 352 g/mol. The molecule has 1 fully saturated rings. The summed E-state index contributed by atoms with van der Waals surface area (Å²) in [6, 6.07) is 13.3. The summed E-state index contributed by atoms with van der Waals surface area (Å²) in [6.45, 7) is 3.68. The smallest absolute Gasteiger partial charge is 0.210 e. The molecular formula is C21H20O5. The van der Waals surface area contributed by atoms with Gasteiger partial charge in [-0.15, -0.1) is 0 Å². The molecule has 1 saturated heterocycles. The average Bonchev–Trinajstić information content (AvgIpc) is 3.08. The quantitative estimate of drug-likeness (QED) is 0.852. The maximum Gasteiger partial charge on any atom is 0.210 e. The zero-order valence-corrected chi connectivity index (χ0v) is 14.6. The zero-order chi connectivity index (χ0) is 18.1. The van der Waals surface area contributed by atoms with E-state index in [1.54, 1.807) is 12.1 Å². The molecule has 2 aromatic carbocycles. The van der Waals surface area contributed by atoms with Crippen molar-refractivity contribution in [2.75, 3.05) is 0 Å². The lowest BCUT2D eigenvalue weighted by Gasteiger charge is -2.29. The highest BCUT2D eigenvalue weighted by molar-refractivity contribution is 6.01. The number of rotatable bonds is 1. The van der Waals surface area contributed by atoms with Crippen LogP contribution in [0.3, 0.4) is 0 Å². The third kappa shape index (κ3) is 2.14. The van der Waals surface area contributed by atoms with E-state index in [2.05, 4.69) is 0 Å². The van der Waals surface area contributed by atoms with Crippen molar-refractivity contribution < 1.29 is 24.1 Å². The first-order valence-corrected chi connectivity index (χ1v) is 8.90. The van der Waals surface area contributed by atoms with Crippen LogP contribution in [0.5, 0.6) is 11.5 Å². The number of aliphatic hydroxyl groups excluding tert-OH is 1. The minimum atomic E-state index is -0.740. The molecular weight excluding hydrogens is 332 g/mol. The van der Waals surface area contributed by atoms with Crippen LogP contribution in [0.25, 0.3) is 0 Å². The Bertz CT molecular complexity index is 889. The van der Waals surface area contributed by atoms with Crippen LogP contribution in [0.15, 0.2) is 42.5 Å². The van der Waals surface area contributed by atoms with Gasteiger partial charge in [-0.05, 0) is 31.5 Å². The first kappa shape index (κ1) is 15.9. The molecule has 3 aliphatic heterocycles. The summed E-state index contributed by atoms with van der Waals surface area (Å²) in [5.41, 5.74) is 1.55. The van der Waals surface area contributed by atoms with Crippen molar-refractivity contribution in [3.63, 3.8) is 0 Å². The molecule has 5 heteroatoms. The maximum absolute atomic E-state index is 12.8. The minimum absolute atomic E-state index is 0.0408. The van der Waals surface area contributed by atoms with Gasteiger partial charge < -0.3 is 19.3 Å². The maximum atomic E-state index is 12.8. The second-order valence-electron chi connectivity index (χ2n) is 7.68. The third-order valence-corrected chi connectivity index (χ3v) is 5.60. The van der Waals surface area contributed by atoms with E-state index in [9.17, 15) is 9.90 Å². The highest BCUT2D eigenvalue weighted by atomic mass is 16.7. The SMILES string of the molecule is CC1(C)O[C@@H]2Oc3ccc4c(c3[C@@H]2[C@H]1O)O[C@H](c1ccccc1)CC4=O. The Balaban J connectivity index is 1.61. The molecule has 5 rings (SSSR count). The van der Waals surface area contributed by atoms with Crippen molar-refractivity contribution >= 4 is 5.78 Å². The van der Waals surface area contributed by atoms with Crippen LogP contribution in [0.4, 0.5) is 0 Å². The predicted octanol–water partition coefficient (Wildman–Crippen LogP) is 3.36. The van der Waals surface area contributed by atoms with Gasteiger partial charge >= 0.3 is 0 Å². The van der Waals surface area contributed by atoms with Crippen LogP contribution in [0, 0.1) is 0 Å². The summed E-state index contributed by atoms with van der Waals surface area (Å²) < 4.78 is 18.1. The molecule has 0 unspecified atom stereocenters. The molecule has 1 N–H and O–H groups in total. The molecule has 26 heavy (non-hydrogen) atoms. The van der Waals surface area contributed by atoms with E-state index >= 15 is 0 Å². The molecule has 5 nitrogen and oxygen atoms in total. The van der Waals surface area contributed by atoms with Crippen LogP contribution >= 0.6 is 0 Å². The number of hydrogen-bond donors (Lipinski definition) is 1. The van der Waals surface area contributed by atoms with Crippen LogP contribution in [-0.4, -0.2) is 28.9 Å². The summed E-state index contributed by atoms with van der Waals surface area (Å²) in [5, 5.41) is 10.8. The number of hydrogen-bond acceptors (Lipinski definition) is 5. The molecule has 0 aliphatic carbocycles. The number of aliphatic hydroxyl groups is 1. The van der Waals surface area contributed by atoms with E-state index in [1.165, 1.54) is 0 Å². The summed E-state index contributed by atoms with van der Waals surface area (Å²) in [7, 11) is 0. The largest absolute Gasteiger partial charge is 0.484 e. The van der Waals surface area contributed by atoms with Crippen molar-refractivity contribution in [2.45, 2.75) is 50.3 Å². The molecule has 0 spiro atoms. The van der Waals surface area contributed by atoms with Crippen molar-refractivity contribution in [1.29, 1.82) is 0 Å². The van der Waals surface area contributed by atoms with Gasteiger partial charge in [0.15, 0.2) is 5.78 Å². The highest BCUT2D eigenvalue weighted by Gasteiger charge is 2.56. The summed E-state index contributed by atoms with van der Waals surface area (Å²) in [5.74, 6) is 0.826. The number of Topliss-reactive ketones (excluding diaryl/α,β-unsaturated/α-hetero) is 1. The minimum Gasteiger partial charge on any atom is -0.484 e. The Kier molecular flexibility index (Phi) is 3.24. The molecule has 4 atom stereocenters. The van der Waals surface area contributed by atoms with Gasteiger partial charge in [0.1, 0.15) is 17.6 Å². The van der Waals surface area contributed by atoms with E-state index in [-0.39, 0.29) is 17.8 Å². The molecule has 3 heterocycles. The molecule has 0 aromatic heterocycles. The molecule has 0 saturated carbocycles. The number of ketones is 1. The Morgan fingerprint density at radius 1 is 1.08 bits per heavy atom. The summed E-state index contributed by atoms with van der Waals surface area (Å²) in [4.78, 5) is 12.8. The van der Waals surface area contributed by atoms with Gasteiger partial charge in [0.25, 0.3) is 0 Å². The Morgan fingerprint density at radius 3 is 2.62 bits per heavy atom. The van der Waals surface area contributed by atoms with Crippen LogP contribution in [-0.2, 0) is 4.74 Å². The van der Waals surface area contributed by atoms with Crippen LogP contribution in [0.1, 0.15) is 53.8 Å². The number of fused-ring (bicyclic) bond motifs is 5. The zero-order valence-electron chi connectivity index (χ0n) is 14.6. The van der Waals surface area contributed by atoms with Gasteiger partial charge in [0.05, 0.1) is 29.6 Å². The third-order valence-electron chi connectivity index (χ3n) is 5.60. The van der Waals surface area contributed by atoms with Gasteiger partial charge in [-0.1, -0.05) is 30.3 Å². The molecule has 134 valence electrons. The lowest BCUT2D eigenvalue weighted by Crippen LogP contribution is -2.34. The fourth-order valence-electron chi connectivity index (χ4n) is 4.20. The van der Waals surface area contributed by atoms with Gasteiger partial charge in [0, 0.05) is 5.56 Å². The Hall–Kier alpha value is -2.37. The first-order chi connectivity index (χ1) is 12.5. The fraction of sp³-hybridized carbons (Fsp3) is 0.381. The Labute approximate surface area is 151 Å². The monoisotopic (exact) mass is 352 g/mol. The highest BCUT2D eigenvalue weighted by Crippen LogP contribution is 2.55. The van der Waals surface area contributed by atoms with Crippen LogP contribution < -0.4 is 9.47 Å². The van der Waals surface area contributed by atoms with Gasteiger partial charge in [-0.3, -0.25) is 4.79 Å². The van der Waals surface area contributed by atoms with Gasteiger partial charge in [-0.25, -0.2) is 0 Å². The Morgan fingerprint density at radius 2 is 1.85 bits per heavy atom. The second kappa shape index (κ2) is 5.32. The van der Waals surface area contributed by atoms with E-state index in [0.29, 0.717) is 23.5 Å². The molecule has 2 aromatic rings. The van der Waals surface area contributed by atoms with Crippen molar-refractivity contribution in [1.82, 2.24) is 0 Å². The van der Waals surface area contributed by atoms with E-state index in [4.69, 9.17) is 14.2 Å². The number of ether oxygens (including phenoxy) is 3. The van der Waals surface area contributed by atoms with Gasteiger partial charge in [0.2, 0.25) is 6.29 Å². The lowest BCUT2D eigenvalue weighted by atomic mass is 9.85. The summed E-state index contributed by atoms with van der Waals surface area (Å²) >= 11 is 0. The number of carbonyl (C=O) groups is 1. The van der Waals surface area contributed by atoms with Gasteiger partial charge in [-0.2, -0.15) is 0 Å².